The molecular weight excluding hydrogens is 215 g/mol. The molecule has 3 N–H and O–H groups in total. The van der Waals surface area contributed by atoms with Gasteiger partial charge in [-0.05, 0) is 6.07 Å². The van der Waals surface area contributed by atoms with Crippen LogP contribution in [-0.4, -0.2) is 16.1 Å². The fourth-order valence-electron chi connectivity index (χ4n) is 0.799. The maximum atomic E-state index is 10.5. The van der Waals surface area contributed by atoms with Gasteiger partial charge in [0.2, 0.25) is 0 Å². The van der Waals surface area contributed by atoms with Crippen LogP contribution in [0.2, 0.25) is 10.2 Å². The molecule has 0 aromatic carbocycles. The van der Waals surface area contributed by atoms with Gasteiger partial charge in [0.15, 0.2) is 0 Å². The van der Waals surface area contributed by atoms with Crippen LogP contribution < -0.4 is 5.73 Å². The molecule has 1 aromatic rings. The van der Waals surface area contributed by atoms with Crippen molar-refractivity contribution in [3.8, 4) is 0 Å². The highest BCUT2D eigenvalue weighted by atomic mass is 35.5. The molecule has 1 atom stereocenters. The Kier molecular flexibility index (Phi) is 3.08. The summed E-state index contributed by atoms with van der Waals surface area (Å²) < 4.78 is 0. The van der Waals surface area contributed by atoms with Gasteiger partial charge in [-0.3, -0.25) is 4.79 Å². The predicted octanol–water partition coefficient (Wildman–Crippen LogP) is 1.47. The molecule has 0 fully saturated rings. The van der Waals surface area contributed by atoms with Crippen LogP contribution in [0.15, 0.2) is 12.3 Å². The quantitative estimate of drug-likeness (QED) is 0.741. The molecule has 0 saturated carbocycles. The summed E-state index contributed by atoms with van der Waals surface area (Å²) in [5, 5.41) is 8.96. The van der Waals surface area contributed by atoms with Gasteiger partial charge in [-0.2, -0.15) is 0 Å². The van der Waals surface area contributed by atoms with Crippen LogP contribution in [0.5, 0.6) is 0 Å². The van der Waals surface area contributed by atoms with E-state index in [-0.39, 0.29) is 15.7 Å². The molecule has 1 rings (SSSR count). The number of hydrogen-bond donors (Lipinski definition) is 2. The molecule has 4 nitrogen and oxygen atoms in total. The molecule has 0 bridgehead atoms. The van der Waals surface area contributed by atoms with E-state index in [0.29, 0.717) is 0 Å². The molecule has 0 saturated heterocycles. The average Bonchev–Trinajstić information content (AvgIpc) is 2.08. The molecule has 6 heteroatoms. The first-order valence-corrected chi connectivity index (χ1v) is 4.07. The summed E-state index contributed by atoms with van der Waals surface area (Å²) >= 11 is 11.2. The molecule has 70 valence electrons. The van der Waals surface area contributed by atoms with Crippen molar-refractivity contribution >= 4 is 29.2 Å². The van der Waals surface area contributed by atoms with Crippen molar-refractivity contribution in [3.63, 3.8) is 0 Å². The third-order valence-corrected chi connectivity index (χ3v) is 1.98. The van der Waals surface area contributed by atoms with Crippen LogP contribution in [0, 0.1) is 0 Å². The lowest BCUT2D eigenvalue weighted by molar-refractivity contribution is -0.138. The first-order valence-electron chi connectivity index (χ1n) is 3.31. The zero-order valence-electron chi connectivity index (χ0n) is 6.37. The number of carbonyl (C=O) groups is 1. The molecule has 1 aromatic heterocycles. The van der Waals surface area contributed by atoms with E-state index in [2.05, 4.69) is 4.98 Å². The monoisotopic (exact) mass is 220 g/mol. The smallest absolute Gasteiger partial charge is 0.325 e. The molecule has 0 aliphatic rings. The van der Waals surface area contributed by atoms with Gasteiger partial charge in [-0.15, -0.1) is 0 Å². The van der Waals surface area contributed by atoms with Gasteiger partial charge in [0.25, 0.3) is 0 Å². The number of aromatic nitrogens is 1. The SMILES string of the molecule is N[C@@H](C(=O)O)c1cc(Cl)ncc1Cl. The first-order chi connectivity index (χ1) is 6.02. The predicted molar refractivity (Wildman–Crippen MR) is 48.8 cm³/mol. The minimum absolute atomic E-state index is 0.163. The van der Waals surface area contributed by atoms with Crippen molar-refractivity contribution in [1.29, 1.82) is 0 Å². The normalized spacial score (nSPS) is 12.5. The van der Waals surface area contributed by atoms with Crippen LogP contribution in [0.1, 0.15) is 11.6 Å². The van der Waals surface area contributed by atoms with Crippen molar-refractivity contribution in [2.75, 3.05) is 0 Å². The van der Waals surface area contributed by atoms with Crippen molar-refractivity contribution in [1.82, 2.24) is 4.98 Å². The standard InChI is InChI=1S/C7H6Cl2N2O2/c8-4-2-11-5(9)1-3(4)6(10)7(12)13/h1-2,6H,10H2,(H,12,13)/t6-/m1/s1. The Balaban J connectivity index is 3.12. The van der Waals surface area contributed by atoms with Crippen molar-refractivity contribution < 1.29 is 9.90 Å². The van der Waals surface area contributed by atoms with E-state index in [1.54, 1.807) is 0 Å². The Hall–Kier alpha value is -0.840. The van der Waals surface area contributed by atoms with Crippen molar-refractivity contribution in [2.45, 2.75) is 6.04 Å². The lowest BCUT2D eigenvalue weighted by Crippen LogP contribution is -2.21. The molecule has 0 radical (unpaired) electrons. The van der Waals surface area contributed by atoms with Crippen LogP contribution in [0.25, 0.3) is 0 Å². The van der Waals surface area contributed by atoms with Crippen LogP contribution >= 0.6 is 23.2 Å². The number of carboxylic acids is 1. The zero-order valence-corrected chi connectivity index (χ0v) is 7.88. The topological polar surface area (TPSA) is 76.2 Å². The van der Waals surface area contributed by atoms with Gasteiger partial charge < -0.3 is 10.8 Å². The van der Waals surface area contributed by atoms with Crippen LogP contribution in [0.4, 0.5) is 0 Å². The molecule has 13 heavy (non-hydrogen) atoms. The minimum atomic E-state index is -1.17. The van der Waals surface area contributed by atoms with E-state index in [9.17, 15) is 4.79 Å². The summed E-state index contributed by atoms with van der Waals surface area (Å²) in [6.45, 7) is 0. The highest BCUT2D eigenvalue weighted by Crippen LogP contribution is 2.23. The molecule has 0 aliphatic carbocycles. The van der Waals surface area contributed by atoms with Crippen LogP contribution in [0.3, 0.4) is 0 Å². The second-order valence-electron chi connectivity index (χ2n) is 2.34. The van der Waals surface area contributed by atoms with Crippen molar-refractivity contribution in [3.05, 3.63) is 28.0 Å². The third-order valence-electron chi connectivity index (χ3n) is 1.45. The molecule has 1 heterocycles. The summed E-state index contributed by atoms with van der Waals surface area (Å²) in [6, 6.07) is 0.163. The lowest BCUT2D eigenvalue weighted by Gasteiger charge is -2.08. The fourth-order valence-corrected chi connectivity index (χ4v) is 1.19. The second-order valence-corrected chi connectivity index (χ2v) is 3.14. The number of hydrogen-bond acceptors (Lipinski definition) is 3. The highest BCUT2D eigenvalue weighted by molar-refractivity contribution is 6.33. The van der Waals surface area contributed by atoms with E-state index in [0.717, 1.165) is 0 Å². The van der Waals surface area contributed by atoms with Gasteiger partial charge in [-0.1, -0.05) is 23.2 Å². The first kappa shape index (κ1) is 10.2. The van der Waals surface area contributed by atoms with Gasteiger partial charge in [0.1, 0.15) is 11.2 Å². The van der Waals surface area contributed by atoms with E-state index >= 15 is 0 Å². The summed E-state index contributed by atoms with van der Waals surface area (Å²) in [6.07, 6.45) is 1.27. The Morgan fingerprint density at radius 3 is 2.77 bits per heavy atom. The zero-order chi connectivity index (χ0) is 10.0. The number of carboxylic acid groups (broad SMARTS) is 1. The Morgan fingerprint density at radius 1 is 1.62 bits per heavy atom. The van der Waals surface area contributed by atoms with Crippen molar-refractivity contribution in [2.24, 2.45) is 5.73 Å². The summed E-state index contributed by atoms with van der Waals surface area (Å²) in [5.41, 5.74) is 5.60. The van der Waals surface area contributed by atoms with Gasteiger partial charge in [-0.25, -0.2) is 4.98 Å². The van der Waals surface area contributed by atoms with E-state index < -0.39 is 12.0 Å². The number of nitrogens with zero attached hydrogens (tertiary/aromatic N) is 1. The van der Waals surface area contributed by atoms with Gasteiger partial charge in [0.05, 0.1) is 5.02 Å². The van der Waals surface area contributed by atoms with Crippen LogP contribution in [-0.2, 0) is 4.79 Å². The van der Waals surface area contributed by atoms with Gasteiger partial charge in [0, 0.05) is 11.8 Å². The second kappa shape index (κ2) is 3.91. The Labute approximate surface area is 84.3 Å². The van der Waals surface area contributed by atoms with E-state index in [1.165, 1.54) is 12.3 Å². The summed E-state index contributed by atoms with van der Waals surface area (Å²) in [4.78, 5) is 14.2. The fraction of sp³-hybridized carbons (Fsp3) is 0.143. The molecule has 0 aliphatic heterocycles. The molecular formula is C7H6Cl2N2O2. The van der Waals surface area contributed by atoms with E-state index in [4.69, 9.17) is 34.0 Å². The number of aliphatic carboxylic acids is 1. The number of rotatable bonds is 2. The summed E-state index contributed by atoms with van der Waals surface area (Å²) in [5.74, 6) is -1.16. The number of pyridine rings is 1. The maximum Gasteiger partial charge on any atom is 0.325 e. The average molecular weight is 221 g/mol. The molecule has 0 amide bonds. The Morgan fingerprint density at radius 2 is 2.23 bits per heavy atom. The number of halogens is 2. The minimum Gasteiger partial charge on any atom is -0.480 e. The van der Waals surface area contributed by atoms with E-state index in [1.807, 2.05) is 0 Å². The summed E-state index contributed by atoms with van der Waals surface area (Å²) in [7, 11) is 0. The third kappa shape index (κ3) is 2.30. The maximum absolute atomic E-state index is 10.5. The molecule has 0 spiro atoms. The Bertz CT molecular complexity index is 343. The van der Waals surface area contributed by atoms with Gasteiger partial charge >= 0.3 is 5.97 Å². The number of nitrogens with two attached hydrogens (primary N) is 1. The molecule has 0 unspecified atom stereocenters. The largest absolute Gasteiger partial charge is 0.480 e. The lowest BCUT2D eigenvalue weighted by atomic mass is 10.1. The highest BCUT2D eigenvalue weighted by Gasteiger charge is 2.17.